The molecule has 1 spiro atoms. The van der Waals surface area contributed by atoms with Gasteiger partial charge in [-0.3, -0.25) is 4.79 Å². The highest BCUT2D eigenvalue weighted by Crippen LogP contribution is 2.77. The summed E-state index contributed by atoms with van der Waals surface area (Å²) >= 11 is 0. The van der Waals surface area contributed by atoms with Crippen molar-refractivity contribution in [2.24, 2.45) is 39.9 Å². The summed E-state index contributed by atoms with van der Waals surface area (Å²) in [7, 11) is 0. The molecule has 12 atom stereocenters. The Kier molecular flexibility index (Phi) is 5.81. The van der Waals surface area contributed by atoms with Gasteiger partial charge in [0.2, 0.25) is 6.29 Å². The number of esters is 1. The predicted octanol–water partition coefficient (Wildman–Crippen LogP) is 1.33. The third-order valence-corrected chi connectivity index (χ3v) is 10.6. The number of fused-ring (bicyclic) bond motifs is 3. The van der Waals surface area contributed by atoms with E-state index in [1.807, 2.05) is 6.92 Å². The number of rotatable bonds is 4. The van der Waals surface area contributed by atoms with Crippen LogP contribution in [0, 0.1) is 39.9 Å². The smallest absolute Gasteiger partial charge is 0.314 e. The molecule has 4 aliphatic carbocycles. The minimum Gasteiger partial charge on any atom is -0.432 e. The van der Waals surface area contributed by atoms with E-state index >= 15 is 0 Å². The molecule has 1 saturated heterocycles. The van der Waals surface area contributed by atoms with Gasteiger partial charge in [-0.25, -0.2) is 0 Å². The number of hydrogen-bond donors (Lipinski definition) is 4. The van der Waals surface area contributed by atoms with Crippen LogP contribution < -0.4 is 0 Å². The van der Waals surface area contributed by atoms with Crippen molar-refractivity contribution < 1.29 is 39.5 Å². The Morgan fingerprint density at radius 3 is 2.59 bits per heavy atom. The van der Waals surface area contributed by atoms with Crippen molar-refractivity contribution in [2.45, 2.75) is 89.5 Å². The Balaban J connectivity index is 1.47. The Morgan fingerprint density at radius 2 is 1.91 bits per heavy atom. The third kappa shape index (κ3) is 3.08. The van der Waals surface area contributed by atoms with E-state index in [1.165, 1.54) is 5.57 Å². The lowest BCUT2D eigenvalue weighted by atomic mass is 9.53. The predicted molar refractivity (Wildman–Crippen MR) is 120 cm³/mol. The molecular formula is C26H38O8. The molecule has 2 bridgehead atoms. The Morgan fingerprint density at radius 1 is 1.18 bits per heavy atom. The molecule has 4 N–H and O–H groups in total. The number of ether oxygens (including phenoxy) is 2. The first-order valence-electron chi connectivity index (χ1n) is 12.7. The molecule has 5 rings (SSSR count). The fraction of sp³-hybridized carbons (Fsp3) is 0.846. The average Bonchev–Trinajstić information content (AvgIpc) is 3.19. The van der Waals surface area contributed by atoms with Crippen molar-refractivity contribution in [1.82, 2.24) is 0 Å². The molecule has 0 aromatic carbocycles. The normalized spacial score (nSPS) is 54.3. The lowest BCUT2D eigenvalue weighted by molar-refractivity contribution is -0.297. The van der Waals surface area contributed by atoms with Crippen LogP contribution in [0.25, 0.3) is 0 Å². The summed E-state index contributed by atoms with van der Waals surface area (Å²) in [6.45, 7) is 7.84. The second-order valence-corrected chi connectivity index (χ2v) is 12.1. The van der Waals surface area contributed by atoms with Gasteiger partial charge in [-0.15, -0.1) is 0 Å². The van der Waals surface area contributed by atoms with Crippen LogP contribution in [0.3, 0.4) is 0 Å². The summed E-state index contributed by atoms with van der Waals surface area (Å²) in [5.41, 5.74) is -0.0797. The van der Waals surface area contributed by atoms with Crippen LogP contribution in [0.1, 0.15) is 58.8 Å². The van der Waals surface area contributed by atoms with Gasteiger partial charge in [0, 0.05) is 5.92 Å². The van der Waals surface area contributed by atoms with Gasteiger partial charge >= 0.3 is 5.97 Å². The zero-order valence-corrected chi connectivity index (χ0v) is 20.1. The number of hydrogen-bond acceptors (Lipinski definition) is 8. The van der Waals surface area contributed by atoms with Gasteiger partial charge in [-0.05, 0) is 74.0 Å². The van der Waals surface area contributed by atoms with Crippen molar-refractivity contribution in [1.29, 1.82) is 0 Å². The molecule has 1 heterocycles. The number of aliphatic hydroxyl groups is 4. The molecule has 4 saturated carbocycles. The van der Waals surface area contributed by atoms with Crippen molar-refractivity contribution in [3.8, 4) is 0 Å². The molecule has 0 aromatic rings. The molecule has 0 amide bonds. The molecule has 1 unspecified atom stereocenters. The van der Waals surface area contributed by atoms with Crippen LogP contribution in [-0.2, 0) is 19.1 Å². The van der Waals surface area contributed by atoms with Crippen molar-refractivity contribution in [3.63, 3.8) is 0 Å². The molecule has 8 heteroatoms. The van der Waals surface area contributed by atoms with E-state index in [1.54, 1.807) is 0 Å². The van der Waals surface area contributed by atoms with E-state index in [2.05, 4.69) is 13.5 Å². The Hall–Kier alpha value is -1.32. The highest BCUT2D eigenvalue weighted by Gasteiger charge is 2.73. The van der Waals surface area contributed by atoms with E-state index in [0.717, 1.165) is 44.8 Å². The molecule has 0 radical (unpaired) electrons. The van der Waals surface area contributed by atoms with Crippen molar-refractivity contribution in [2.75, 3.05) is 6.61 Å². The van der Waals surface area contributed by atoms with Gasteiger partial charge in [-0.2, -0.15) is 0 Å². The van der Waals surface area contributed by atoms with Gasteiger partial charge in [-0.1, -0.05) is 25.5 Å². The molecule has 1 aliphatic heterocycles. The second-order valence-electron chi connectivity index (χ2n) is 12.1. The largest absolute Gasteiger partial charge is 0.432 e. The van der Waals surface area contributed by atoms with Crippen LogP contribution >= 0.6 is 0 Å². The molecule has 0 aromatic heterocycles. The maximum absolute atomic E-state index is 13.8. The van der Waals surface area contributed by atoms with E-state index in [9.17, 15) is 30.0 Å². The zero-order chi connectivity index (χ0) is 24.6. The minimum absolute atomic E-state index is 0.157. The summed E-state index contributed by atoms with van der Waals surface area (Å²) < 4.78 is 11.1. The van der Waals surface area contributed by atoms with Gasteiger partial charge in [0.25, 0.3) is 0 Å². The van der Waals surface area contributed by atoms with Crippen LogP contribution in [0.2, 0.25) is 0 Å². The molecule has 34 heavy (non-hydrogen) atoms. The molecule has 5 aliphatic rings. The van der Waals surface area contributed by atoms with Crippen molar-refractivity contribution >= 4 is 12.3 Å². The Labute approximate surface area is 200 Å². The number of allylic oxidation sites excluding steroid dienone is 1. The van der Waals surface area contributed by atoms with Crippen LogP contribution in [0.4, 0.5) is 0 Å². The first-order chi connectivity index (χ1) is 16.0. The number of carbonyl (C=O) groups is 2. The molecule has 5 fully saturated rings. The fourth-order valence-electron chi connectivity index (χ4n) is 9.19. The lowest BCUT2D eigenvalue weighted by Crippen LogP contribution is -2.60. The maximum atomic E-state index is 13.8. The van der Waals surface area contributed by atoms with Gasteiger partial charge in [0.1, 0.15) is 30.7 Å². The summed E-state index contributed by atoms with van der Waals surface area (Å²) in [5, 5.41) is 40.1. The Bertz CT molecular complexity index is 873. The number of aldehydes is 1. The number of aliphatic hydroxyl groups excluding tert-OH is 4. The third-order valence-electron chi connectivity index (χ3n) is 10.6. The summed E-state index contributed by atoms with van der Waals surface area (Å²) in [6, 6.07) is 0. The first-order valence-corrected chi connectivity index (χ1v) is 12.7. The summed E-state index contributed by atoms with van der Waals surface area (Å²) in [5.74, 6) is -0.260. The minimum atomic E-state index is -1.65. The monoisotopic (exact) mass is 478 g/mol. The highest BCUT2D eigenvalue weighted by atomic mass is 16.7. The maximum Gasteiger partial charge on any atom is 0.314 e. The summed E-state index contributed by atoms with van der Waals surface area (Å²) in [6.07, 6.45) is -0.109. The van der Waals surface area contributed by atoms with Crippen LogP contribution in [0.5, 0.6) is 0 Å². The van der Waals surface area contributed by atoms with Gasteiger partial charge < -0.3 is 34.7 Å². The molecule has 190 valence electrons. The first kappa shape index (κ1) is 24.4. The quantitative estimate of drug-likeness (QED) is 0.270. The van der Waals surface area contributed by atoms with E-state index in [4.69, 9.17) is 9.47 Å². The fourth-order valence-corrected chi connectivity index (χ4v) is 9.19. The van der Waals surface area contributed by atoms with E-state index < -0.39 is 48.7 Å². The average molecular weight is 479 g/mol. The second kappa shape index (κ2) is 8.10. The zero-order valence-electron chi connectivity index (χ0n) is 20.1. The van der Waals surface area contributed by atoms with Crippen LogP contribution in [-0.4, -0.2) is 70.0 Å². The summed E-state index contributed by atoms with van der Waals surface area (Å²) in [4.78, 5) is 26.5. The van der Waals surface area contributed by atoms with Crippen molar-refractivity contribution in [3.05, 3.63) is 12.2 Å². The van der Waals surface area contributed by atoms with Gasteiger partial charge in [0.05, 0.1) is 12.0 Å². The standard InChI is InChI=1S/C26H38O8/c1-13-9-26-10-14(13)5-6-17(26)24(2)7-4-8-25(3,21(24)15(26)11-27)23(32)34-22-20(31)19(30)18(29)16(12-28)33-22/h11,14-22,28-31H,1,4-10,12H2,2-3H3/t14?,15-,16+,17-,18+,19-,20+,21-,22-,24-,25+,26-/m0/s1. The SMILES string of the molecule is C=C1C[C@@]23CC1CC[C@H]2[C@]1(C)CCC[C@@](C)(C(=O)O[C@@H]2O[C@H](CO)[C@@H](O)[C@H](O)[C@H]2O)[C@H]1[C@@H]3C=O. The molecule has 8 nitrogen and oxygen atoms in total. The van der Waals surface area contributed by atoms with E-state index in [0.29, 0.717) is 18.3 Å². The molecular weight excluding hydrogens is 440 g/mol. The highest BCUT2D eigenvalue weighted by molar-refractivity contribution is 5.79. The lowest BCUT2D eigenvalue weighted by Gasteiger charge is -2.51. The van der Waals surface area contributed by atoms with E-state index in [-0.39, 0.29) is 22.7 Å². The van der Waals surface area contributed by atoms with Crippen LogP contribution in [0.15, 0.2) is 12.2 Å². The van der Waals surface area contributed by atoms with Gasteiger partial charge in [0.15, 0.2) is 0 Å². The number of carbonyl (C=O) groups excluding carboxylic acids is 2. The topological polar surface area (TPSA) is 134 Å².